The molecule has 1 fully saturated rings. The molecule has 0 spiro atoms. The summed E-state index contributed by atoms with van der Waals surface area (Å²) in [5.41, 5.74) is 2.20. The molecule has 1 atom stereocenters. The van der Waals surface area contributed by atoms with Crippen molar-refractivity contribution in [2.45, 2.75) is 26.7 Å². The summed E-state index contributed by atoms with van der Waals surface area (Å²) in [4.78, 5) is 11.4. The molecule has 1 aromatic heterocycles. The lowest BCUT2D eigenvalue weighted by Crippen LogP contribution is -2.34. The Morgan fingerprint density at radius 3 is 2.95 bits per heavy atom. The molecular formula is C17H21BrN4. The fourth-order valence-corrected chi connectivity index (χ4v) is 3.42. The van der Waals surface area contributed by atoms with E-state index in [0.29, 0.717) is 5.95 Å². The van der Waals surface area contributed by atoms with Gasteiger partial charge in [0.1, 0.15) is 5.82 Å². The van der Waals surface area contributed by atoms with Crippen molar-refractivity contribution >= 4 is 33.4 Å². The molecule has 0 saturated carbocycles. The summed E-state index contributed by atoms with van der Waals surface area (Å²) in [6.45, 7) is 6.53. The molecule has 3 rings (SSSR count). The van der Waals surface area contributed by atoms with Crippen LogP contribution >= 0.6 is 15.9 Å². The van der Waals surface area contributed by atoms with Gasteiger partial charge >= 0.3 is 0 Å². The molecule has 4 nitrogen and oxygen atoms in total. The number of piperidine rings is 1. The van der Waals surface area contributed by atoms with Crippen LogP contribution < -0.4 is 10.2 Å². The third-order valence-corrected chi connectivity index (χ3v) is 4.65. The topological polar surface area (TPSA) is 41.1 Å². The number of hydrogen-bond acceptors (Lipinski definition) is 4. The second kappa shape index (κ2) is 6.65. The van der Waals surface area contributed by atoms with E-state index in [1.165, 1.54) is 18.4 Å². The zero-order valence-electron chi connectivity index (χ0n) is 13.0. The first kappa shape index (κ1) is 15.3. The minimum Gasteiger partial charge on any atom is -0.356 e. The summed E-state index contributed by atoms with van der Waals surface area (Å²) in [6, 6.07) is 8.19. The number of halogens is 1. The van der Waals surface area contributed by atoms with E-state index in [-0.39, 0.29) is 0 Å². The Morgan fingerprint density at radius 1 is 1.32 bits per heavy atom. The van der Waals surface area contributed by atoms with Crippen LogP contribution in [0.3, 0.4) is 0 Å². The Labute approximate surface area is 140 Å². The molecular weight excluding hydrogens is 340 g/mol. The largest absolute Gasteiger partial charge is 0.356 e. The minimum absolute atomic E-state index is 0.639. The molecule has 0 aliphatic carbocycles. The van der Waals surface area contributed by atoms with Gasteiger partial charge in [0.15, 0.2) is 0 Å². The monoisotopic (exact) mass is 360 g/mol. The summed E-state index contributed by atoms with van der Waals surface area (Å²) < 4.78 is 1.02. The molecule has 0 bridgehead atoms. The van der Waals surface area contributed by atoms with Gasteiger partial charge in [0.2, 0.25) is 5.95 Å². The predicted molar refractivity (Wildman–Crippen MR) is 94.8 cm³/mol. The number of anilines is 3. The highest BCUT2D eigenvalue weighted by molar-refractivity contribution is 9.10. The van der Waals surface area contributed by atoms with Crippen LogP contribution in [0, 0.1) is 12.8 Å². The second-order valence-corrected chi connectivity index (χ2v) is 6.89. The van der Waals surface area contributed by atoms with Gasteiger partial charge in [0.25, 0.3) is 0 Å². The van der Waals surface area contributed by atoms with Gasteiger partial charge in [-0.1, -0.05) is 13.0 Å². The van der Waals surface area contributed by atoms with Gasteiger partial charge in [-0.3, -0.25) is 0 Å². The molecule has 2 aromatic rings. The molecule has 0 amide bonds. The van der Waals surface area contributed by atoms with Crippen LogP contribution in [0.15, 0.2) is 34.9 Å². The van der Waals surface area contributed by atoms with E-state index in [9.17, 15) is 0 Å². The summed E-state index contributed by atoms with van der Waals surface area (Å²) in [5.74, 6) is 2.37. The van der Waals surface area contributed by atoms with Crippen molar-refractivity contribution in [3.8, 4) is 0 Å². The highest BCUT2D eigenvalue weighted by atomic mass is 79.9. The zero-order chi connectivity index (χ0) is 15.5. The van der Waals surface area contributed by atoms with Gasteiger partial charge < -0.3 is 10.2 Å². The maximum Gasteiger partial charge on any atom is 0.229 e. The van der Waals surface area contributed by atoms with E-state index in [1.807, 2.05) is 18.3 Å². The zero-order valence-corrected chi connectivity index (χ0v) is 14.6. The van der Waals surface area contributed by atoms with E-state index in [2.05, 4.69) is 62.1 Å². The Kier molecular flexibility index (Phi) is 4.62. The van der Waals surface area contributed by atoms with Crippen molar-refractivity contribution in [1.29, 1.82) is 0 Å². The number of aryl methyl sites for hydroxylation is 1. The van der Waals surface area contributed by atoms with E-state index in [4.69, 9.17) is 0 Å². The Bertz CT molecular complexity index is 659. The summed E-state index contributed by atoms with van der Waals surface area (Å²) >= 11 is 3.58. The van der Waals surface area contributed by atoms with Crippen molar-refractivity contribution in [1.82, 2.24) is 9.97 Å². The Balaban J connectivity index is 1.79. The van der Waals surface area contributed by atoms with Crippen LogP contribution in [0.1, 0.15) is 25.3 Å². The van der Waals surface area contributed by atoms with E-state index >= 15 is 0 Å². The minimum atomic E-state index is 0.639. The molecule has 1 N–H and O–H groups in total. The summed E-state index contributed by atoms with van der Waals surface area (Å²) in [7, 11) is 0. The van der Waals surface area contributed by atoms with Crippen molar-refractivity contribution in [2.75, 3.05) is 23.3 Å². The van der Waals surface area contributed by atoms with Crippen LogP contribution in [-0.4, -0.2) is 23.1 Å². The normalized spacial score (nSPS) is 18.3. The van der Waals surface area contributed by atoms with Crippen molar-refractivity contribution in [3.63, 3.8) is 0 Å². The number of benzene rings is 1. The smallest absolute Gasteiger partial charge is 0.229 e. The highest BCUT2D eigenvalue weighted by Crippen LogP contribution is 2.27. The first-order chi connectivity index (χ1) is 10.6. The molecule has 1 saturated heterocycles. The van der Waals surface area contributed by atoms with Gasteiger partial charge in [-0.25, -0.2) is 4.98 Å². The lowest BCUT2D eigenvalue weighted by Gasteiger charge is -2.31. The maximum atomic E-state index is 4.67. The third-order valence-electron chi connectivity index (χ3n) is 3.99. The maximum absolute atomic E-state index is 4.67. The Morgan fingerprint density at radius 2 is 2.18 bits per heavy atom. The van der Waals surface area contributed by atoms with Crippen molar-refractivity contribution in [3.05, 3.63) is 40.5 Å². The quantitative estimate of drug-likeness (QED) is 0.872. The molecule has 1 aliphatic rings. The summed E-state index contributed by atoms with van der Waals surface area (Å²) in [6.07, 6.45) is 4.37. The van der Waals surface area contributed by atoms with Crippen LogP contribution in [0.25, 0.3) is 0 Å². The average molecular weight is 361 g/mol. The SMILES string of the molecule is Cc1ccc(Nc2nccc(N3CCCC(C)C3)n2)c(Br)c1. The highest BCUT2D eigenvalue weighted by Gasteiger charge is 2.18. The third kappa shape index (κ3) is 3.58. The van der Waals surface area contributed by atoms with Crippen molar-refractivity contribution < 1.29 is 0 Å². The number of hydrogen-bond donors (Lipinski definition) is 1. The first-order valence-electron chi connectivity index (χ1n) is 7.73. The number of aromatic nitrogens is 2. The van der Waals surface area contributed by atoms with Gasteiger partial charge in [-0.05, 0) is 65.4 Å². The number of nitrogens with zero attached hydrogens (tertiary/aromatic N) is 3. The van der Waals surface area contributed by atoms with Gasteiger partial charge in [-0.15, -0.1) is 0 Å². The van der Waals surface area contributed by atoms with Crippen LogP contribution in [-0.2, 0) is 0 Å². The van der Waals surface area contributed by atoms with E-state index in [0.717, 1.165) is 35.0 Å². The lowest BCUT2D eigenvalue weighted by molar-refractivity contribution is 0.444. The van der Waals surface area contributed by atoms with E-state index in [1.54, 1.807) is 0 Å². The van der Waals surface area contributed by atoms with Crippen molar-refractivity contribution in [2.24, 2.45) is 5.92 Å². The van der Waals surface area contributed by atoms with Crippen LogP contribution in [0.5, 0.6) is 0 Å². The number of nitrogens with one attached hydrogen (secondary N) is 1. The average Bonchev–Trinajstić information content (AvgIpc) is 2.50. The lowest BCUT2D eigenvalue weighted by atomic mass is 10.0. The molecule has 1 aliphatic heterocycles. The molecule has 0 radical (unpaired) electrons. The molecule has 22 heavy (non-hydrogen) atoms. The van der Waals surface area contributed by atoms with E-state index < -0.39 is 0 Å². The fourth-order valence-electron chi connectivity index (χ4n) is 2.82. The fraction of sp³-hybridized carbons (Fsp3) is 0.412. The second-order valence-electron chi connectivity index (χ2n) is 6.04. The van der Waals surface area contributed by atoms with Gasteiger partial charge in [0, 0.05) is 23.8 Å². The predicted octanol–water partition coefficient (Wildman–Crippen LogP) is 4.53. The molecule has 116 valence electrons. The molecule has 1 unspecified atom stereocenters. The standard InChI is InChI=1S/C17H21BrN4/c1-12-5-6-15(14(18)10-12)20-17-19-8-7-16(21-17)22-9-3-4-13(2)11-22/h5-8,10,13H,3-4,9,11H2,1-2H3,(H,19,20,21). The number of rotatable bonds is 3. The van der Waals surface area contributed by atoms with Crippen LogP contribution in [0.4, 0.5) is 17.5 Å². The summed E-state index contributed by atoms with van der Waals surface area (Å²) in [5, 5.41) is 3.29. The Hall–Kier alpha value is -1.62. The molecule has 1 aromatic carbocycles. The molecule has 2 heterocycles. The van der Waals surface area contributed by atoms with Gasteiger partial charge in [-0.2, -0.15) is 4.98 Å². The van der Waals surface area contributed by atoms with Gasteiger partial charge in [0.05, 0.1) is 5.69 Å². The first-order valence-corrected chi connectivity index (χ1v) is 8.52. The molecule has 5 heteroatoms. The van der Waals surface area contributed by atoms with Crippen LogP contribution in [0.2, 0.25) is 0 Å².